The first kappa shape index (κ1) is 17.3. The Balaban J connectivity index is 2.19. The number of carbonyl (C=O) groups excluding carboxylic acids is 2. The Hall–Kier alpha value is -3.04. The summed E-state index contributed by atoms with van der Waals surface area (Å²) in [4.78, 5) is 35.5. The van der Waals surface area contributed by atoms with Crippen molar-refractivity contribution in [3.05, 3.63) is 53.9 Å². The Kier molecular flexibility index (Phi) is 5.07. The third-order valence-corrected chi connectivity index (χ3v) is 2.95. The molecule has 2 aromatic rings. The highest BCUT2D eigenvalue weighted by Gasteiger charge is 2.31. The van der Waals surface area contributed by atoms with E-state index < -0.39 is 23.6 Å². The van der Waals surface area contributed by atoms with Gasteiger partial charge in [0.05, 0.1) is 24.3 Å². The lowest BCUT2D eigenvalue weighted by Crippen LogP contribution is -2.40. The molecule has 2 rings (SSSR count). The first-order chi connectivity index (χ1) is 11.3. The van der Waals surface area contributed by atoms with Gasteiger partial charge in [0.2, 0.25) is 0 Å². The molecule has 0 aromatic carbocycles. The van der Waals surface area contributed by atoms with Crippen molar-refractivity contribution in [2.24, 2.45) is 5.73 Å². The third kappa shape index (κ3) is 4.48. The maximum absolute atomic E-state index is 12.5. The summed E-state index contributed by atoms with van der Waals surface area (Å²) in [6.45, 7) is -0.344. The number of hydrogen-bond acceptors (Lipinski definition) is 5. The fourth-order valence-electron chi connectivity index (χ4n) is 1.82. The van der Waals surface area contributed by atoms with E-state index in [1.165, 1.54) is 12.4 Å². The topological polar surface area (TPSA) is 102 Å². The number of nitrogens with zero attached hydrogens (tertiary/aromatic N) is 4. The van der Waals surface area contributed by atoms with Gasteiger partial charge in [-0.05, 0) is 18.2 Å². The predicted octanol–water partition coefficient (Wildman–Crippen LogP) is 0.905. The molecule has 0 saturated carbocycles. The number of alkyl halides is 3. The molecule has 0 radical (unpaired) electrons. The van der Waals surface area contributed by atoms with Crippen LogP contribution in [-0.4, -0.2) is 31.7 Å². The van der Waals surface area contributed by atoms with Crippen LogP contribution in [-0.2, 0) is 28.9 Å². The van der Waals surface area contributed by atoms with Gasteiger partial charge in [0.1, 0.15) is 5.82 Å². The van der Waals surface area contributed by atoms with Crippen LogP contribution in [0.3, 0.4) is 0 Å². The van der Waals surface area contributed by atoms with Crippen molar-refractivity contribution in [2.45, 2.75) is 19.3 Å². The summed E-state index contributed by atoms with van der Waals surface area (Å²) in [5, 5.41) is 0. The van der Waals surface area contributed by atoms with E-state index in [-0.39, 0.29) is 24.6 Å². The quantitative estimate of drug-likeness (QED) is 0.834. The van der Waals surface area contributed by atoms with Crippen LogP contribution in [0.15, 0.2) is 36.8 Å². The Morgan fingerprint density at radius 1 is 1.08 bits per heavy atom. The van der Waals surface area contributed by atoms with E-state index in [0.29, 0.717) is 6.20 Å². The summed E-state index contributed by atoms with van der Waals surface area (Å²) in [7, 11) is 0. The van der Waals surface area contributed by atoms with Gasteiger partial charge in [0.15, 0.2) is 0 Å². The molecule has 0 saturated heterocycles. The molecule has 2 amide bonds. The minimum absolute atomic E-state index is 0.134. The second kappa shape index (κ2) is 7.02. The van der Waals surface area contributed by atoms with Crippen LogP contribution in [0.4, 0.5) is 13.2 Å². The predicted molar refractivity (Wildman–Crippen MR) is 74.7 cm³/mol. The van der Waals surface area contributed by atoms with E-state index in [2.05, 4.69) is 15.0 Å². The van der Waals surface area contributed by atoms with Crippen LogP contribution >= 0.6 is 0 Å². The standard InChI is InChI=1S/C14H12F3N5O2/c15-14(16,17)9-2-3-10(21-6-9)7-22(13(24)12(18)23)8-11-19-4-1-5-20-11/h1-6H,7-8H2,(H2,18,23). The highest BCUT2D eigenvalue weighted by atomic mass is 19.4. The fourth-order valence-corrected chi connectivity index (χ4v) is 1.82. The van der Waals surface area contributed by atoms with Crippen molar-refractivity contribution in [3.8, 4) is 0 Å². The zero-order valence-electron chi connectivity index (χ0n) is 12.2. The minimum atomic E-state index is -4.51. The van der Waals surface area contributed by atoms with Gasteiger partial charge in [0, 0.05) is 18.6 Å². The van der Waals surface area contributed by atoms with Crippen LogP contribution in [0.2, 0.25) is 0 Å². The molecule has 0 atom stereocenters. The highest BCUT2D eigenvalue weighted by Crippen LogP contribution is 2.28. The lowest BCUT2D eigenvalue weighted by Gasteiger charge is -2.20. The van der Waals surface area contributed by atoms with Crippen LogP contribution in [0.5, 0.6) is 0 Å². The molecule has 0 spiro atoms. The molecule has 24 heavy (non-hydrogen) atoms. The number of nitrogens with two attached hydrogens (primary N) is 1. The van der Waals surface area contributed by atoms with Gasteiger partial charge >= 0.3 is 18.0 Å². The van der Waals surface area contributed by atoms with Crippen molar-refractivity contribution in [3.63, 3.8) is 0 Å². The van der Waals surface area contributed by atoms with Crippen LogP contribution in [0.1, 0.15) is 17.1 Å². The van der Waals surface area contributed by atoms with Crippen molar-refractivity contribution < 1.29 is 22.8 Å². The lowest BCUT2D eigenvalue weighted by atomic mass is 10.2. The number of primary amides is 1. The van der Waals surface area contributed by atoms with Crippen LogP contribution in [0.25, 0.3) is 0 Å². The Bertz CT molecular complexity index is 719. The lowest BCUT2D eigenvalue weighted by molar-refractivity contribution is -0.145. The molecule has 126 valence electrons. The Labute approximate surface area is 134 Å². The monoisotopic (exact) mass is 339 g/mol. The largest absolute Gasteiger partial charge is 0.417 e. The van der Waals surface area contributed by atoms with Crippen molar-refractivity contribution >= 4 is 11.8 Å². The molecule has 0 bridgehead atoms. The van der Waals surface area contributed by atoms with Crippen LogP contribution in [0, 0.1) is 0 Å². The van der Waals surface area contributed by atoms with Gasteiger partial charge in [-0.1, -0.05) is 0 Å². The van der Waals surface area contributed by atoms with Crippen LogP contribution < -0.4 is 5.73 Å². The van der Waals surface area contributed by atoms with Crippen molar-refractivity contribution in [1.29, 1.82) is 0 Å². The number of hydrogen-bond donors (Lipinski definition) is 1. The molecule has 0 aliphatic rings. The molecule has 10 heteroatoms. The molecule has 0 aliphatic heterocycles. The Morgan fingerprint density at radius 3 is 2.25 bits per heavy atom. The zero-order chi connectivity index (χ0) is 17.7. The highest BCUT2D eigenvalue weighted by molar-refractivity contribution is 6.34. The van der Waals surface area contributed by atoms with Crippen molar-refractivity contribution in [2.75, 3.05) is 0 Å². The van der Waals surface area contributed by atoms with Gasteiger partial charge in [-0.3, -0.25) is 14.6 Å². The minimum Gasteiger partial charge on any atom is -0.361 e. The Morgan fingerprint density at radius 2 is 1.75 bits per heavy atom. The number of rotatable bonds is 4. The number of aromatic nitrogens is 3. The number of amides is 2. The summed E-state index contributed by atoms with van der Waals surface area (Å²) in [6.07, 6.45) is -0.954. The molecule has 7 nitrogen and oxygen atoms in total. The third-order valence-electron chi connectivity index (χ3n) is 2.95. The molecular weight excluding hydrogens is 327 g/mol. The smallest absolute Gasteiger partial charge is 0.361 e. The maximum atomic E-state index is 12.5. The average Bonchev–Trinajstić information content (AvgIpc) is 2.54. The van der Waals surface area contributed by atoms with Gasteiger partial charge in [-0.25, -0.2) is 9.97 Å². The summed E-state index contributed by atoms with van der Waals surface area (Å²) < 4.78 is 37.6. The first-order valence-corrected chi connectivity index (χ1v) is 6.64. The second-order valence-corrected chi connectivity index (χ2v) is 4.73. The molecular formula is C14H12F3N5O2. The SMILES string of the molecule is NC(=O)C(=O)N(Cc1ccc(C(F)(F)F)cn1)Cc1ncccn1. The first-order valence-electron chi connectivity index (χ1n) is 6.64. The normalized spacial score (nSPS) is 11.1. The van der Waals surface area contributed by atoms with E-state index in [0.717, 1.165) is 17.0 Å². The van der Waals surface area contributed by atoms with Gasteiger partial charge < -0.3 is 10.6 Å². The number of carbonyl (C=O) groups is 2. The van der Waals surface area contributed by atoms with E-state index in [9.17, 15) is 22.8 Å². The molecule has 2 aromatic heterocycles. The maximum Gasteiger partial charge on any atom is 0.417 e. The van der Waals surface area contributed by atoms with Gasteiger partial charge in [0.25, 0.3) is 0 Å². The molecule has 0 aliphatic carbocycles. The van der Waals surface area contributed by atoms with E-state index in [1.54, 1.807) is 6.07 Å². The summed E-state index contributed by atoms with van der Waals surface area (Å²) in [5.74, 6) is -1.96. The summed E-state index contributed by atoms with van der Waals surface area (Å²) in [5.41, 5.74) is 4.23. The summed E-state index contributed by atoms with van der Waals surface area (Å²) in [6, 6.07) is 3.53. The van der Waals surface area contributed by atoms with E-state index in [4.69, 9.17) is 5.73 Å². The fraction of sp³-hybridized carbons (Fsp3) is 0.214. The van der Waals surface area contributed by atoms with E-state index in [1.807, 2.05) is 0 Å². The zero-order valence-corrected chi connectivity index (χ0v) is 12.2. The molecule has 0 unspecified atom stereocenters. The van der Waals surface area contributed by atoms with E-state index >= 15 is 0 Å². The number of halogens is 3. The second-order valence-electron chi connectivity index (χ2n) is 4.73. The molecule has 2 N–H and O–H groups in total. The molecule has 0 fully saturated rings. The summed E-state index contributed by atoms with van der Waals surface area (Å²) >= 11 is 0. The number of pyridine rings is 1. The average molecular weight is 339 g/mol. The van der Waals surface area contributed by atoms with Crippen molar-refractivity contribution in [1.82, 2.24) is 19.9 Å². The van der Waals surface area contributed by atoms with Gasteiger partial charge in [-0.15, -0.1) is 0 Å². The molecule has 2 heterocycles. The van der Waals surface area contributed by atoms with Gasteiger partial charge in [-0.2, -0.15) is 13.2 Å².